The van der Waals surface area contributed by atoms with Gasteiger partial charge in [0.05, 0.1) is 11.6 Å². The number of esters is 1. The summed E-state index contributed by atoms with van der Waals surface area (Å²) in [5.41, 5.74) is 2.58. The Morgan fingerprint density at radius 3 is 2.46 bits per heavy atom. The van der Waals surface area contributed by atoms with Gasteiger partial charge >= 0.3 is 5.97 Å². The molecule has 0 spiro atoms. The van der Waals surface area contributed by atoms with Gasteiger partial charge < -0.3 is 10.1 Å². The van der Waals surface area contributed by atoms with Gasteiger partial charge in [0.2, 0.25) is 0 Å². The topological polar surface area (TPSA) is 68.3 Å². The second-order valence-electron chi connectivity index (χ2n) is 6.60. The van der Waals surface area contributed by atoms with Gasteiger partial charge in [0.15, 0.2) is 6.61 Å². The molecule has 0 saturated carbocycles. The summed E-state index contributed by atoms with van der Waals surface area (Å²) in [6.07, 6.45) is 3.99. The summed E-state index contributed by atoms with van der Waals surface area (Å²) < 4.78 is 5.70. The molecule has 1 amide bonds. The van der Waals surface area contributed by atoms with Crippen LogP contribution in [0.3, 0.4) is 0 Å². The van der Waals surface area contributed by atoms with Crippen molar-refractivity contribution in [3.63, 3.8) is 0 Å². The number of pyridine rings is 1. The number of amides is 1. The standard InChI is InChI=1S/C20H23BrN2O3/c1-13(2)8-15-4-6-16(7-5-15)14(3)23-19(24)12-26-20(25)17-9-18(21)11-22-10-17/h4-7,9-11,13-14H,8,12H2,1-3H3,(H,23,24)/t14-/m0/s1. The number of carbonyl (C=O) groups excluding carboxylic acids is 2. The Morgan fingerprint density at radius 1 is 1.15 bits per heavy atom. The molecule has 0 aliphatic rings. The molecule has 0 unspecified atom stereocenters. The van der Waals surface area contributed by atoms with E-state index in [0.29, 0.717) is 16.0 Å². The summed E-state index contributed by atoms with van der Waals surface area (Å²) in [7, 11) is 0. The first-order valence-electron chi connectivity index (χ1n) is 8.51. The number of halogens is 1. The molecule has 0 aliphatic heterocycles. The summed E-state index contributed by atoms with van der Waals surface area (Å²) in [4.78, 5) is 27.8. The first-order valence-corrected chi connectivity index (χ1v) is 9.30. The minimum atomic E-state index is -0.584. The van der Waals surface area contributed by atoms with Crippen molar-refractivity contribution in [1.82, 2.24) is 10.3 Å². The predicted octanol–water partition coefficient (Wildman–Crippen LogP) is 4.08. The summed E-state index contributed by atoms with van der Waals surface area (Å²) in [5, 5.41) is 2.83. The van der Waals surface area contributed by atoms with Crippen molar-refractivity contribution in [2.75, 3.05) is 6.61 Å². The first-order chi connectivity index (χ1) is 12.3. The van der Waals surface area contributed by atoms with E-state index in [1.54, 1.807) is 12.3 Å². The number of nitrogens with zero attached hydrogens (tertiary/aromatic N) is 1. The molecule has 2 aromatic rings. The zero-order chi connectivity index (χ0) is 19.1. The van der Waals surface area contributed by atoms with Crippen LogP contribution < -0.4 is 5.32 Å². The van der Waals surface area contributed by atoms with Gasteiger partial charge in [-0.15, -0.1) is 0 Å². The molecule has 6 heteroatoms. The Bertz CT molecular complexity index is 760. The number of ether oxygens (including phenoxy) is 1. The van der Waals surface area contributed by atoms with Crippen molar-refractivity contribution in [3.8, 4) is 0 Å². The van der Waals surface area contributed by atoms with Crippen molar-refractivity contribution >= 4 is 27.8 Å². The molecule has 0 radical (unpaired) electrons. The van der Waals surface area contributed by atoms with Crippen LogP contribution in [0.4, 0.5) is 0 Å². The van der Waals surface area contributed by atoms with Crippen molar-refractivity contribution in [1.29, 1.82) is 0 Å². The lowest BCUT2D eigenvalue weighted by Crippen LogP contribution is -2.31. The third kappa shape index (κ3) is 6.26. The van der Waals surface area contributed by atoms with Gasteiger partial charge in [-0.2, -0.15) is 0 Å². The van der Waals surface area contributed by atoms with Crippen LogP contribution in [0.25, 0.3) is 0 Å². The van der Waals surface area contributed by atoms with E-state index in [9.17, 15) is 9.59 Å². The molecule has 1 aromatic heterocycles. The van der Waals surface area contributed by atoms with Gasteiger partial charge in [-0.25, -0.2) is 4.79 Å². The first kappa shape index (κ1) is 20.1. The van der Waals surface area contributed by atoms with Gasteiger partial charge in [-0.1, -0.05) is 38.1 Å². The molecule has 0 fully saturated rings. The lowest BCUT2D eigenvalue weighted by Gasteiger charge is -2.15. The Labute approximate surface area is 162 Å². The van der Waals surface area contributed by atoms with Crippen molar-refractivity contribution in [2.24, 2.45) is 5.92 Å². The van der Waals surface area contributed by atoms with Crippen molar-refractivity contribution in [3.05, 3.63) is 63.9 Å². The molecule has 0 saturated heterocycles. The average molecular weight is 419 g/mol. The highest BCUT2D eigenvalue weighted by atomic mass is 79.9. The summed E-state index contributed by atoms with van der Waals surface area (Å²) in [6.45, 7) is 5.93. The number of hydrogen-bond donors (Lipinski definition) is 1. The summed E-state index contributed by atoms with van der Waals surface area (Å²) in [5.74, 6) is -0.326. The van der Waals surface area contributed by atoms with Gasteiger partial charge in [-0.05, 0) is 52.4 Å². The largest absolute Gasteiger partial charge is 0.452 e. The highest BCUT2D eigenvalue weighted by Gasteiger charge is 2.14. The van der Waals surface area contributed by atoms with E-state index in [-0.39, 0.29) is 18.6 Å². The second-order valence-corrected chi connectivity index (χ2v) is 7.51. The van der Waals surface area contributed by atoms with Gasteiger partial charge in [0.1, 0.15) is 0 Å². The lowest BCUT2D eigenvalue weighted by atomic mass is 10.00. The molecule has 1 heterocycles. The van der Waals surface area contributed by atoms with E-state index >= 15 is 0 Å². The third-order valence-corrected chi connectivity index (χ3v) is 4.21. The Hall–Kier alpha value is -2.21. The Morgan fingerprint density at radius 2 is 1.85 bits per heavy atom. The zero-order valence-electron chi connectivity index (χ0n) is 15.2. The fraction of sp³-hybridized carbons (Fsp3) is 0.350. The minimum absolute atomic E-state index is 0.165. The SMILES string of the molecule is CC(C)Cc1ccc([C@H](C)NC(=O)COC(=O)c2cncc(Br)c2)cc1. The maximum absolute atomic E-state index is 12.0. The predicted molar refractivity (Wildman–Crippen MR) is 104 cm³/mol. The number of hydrogen-bond acceptors (Lipinski definition) is 4. The zero-order valence-corrected chi connectivity index (χ0v) is 16.7. The fourth-order valence-corrected chi connectivity index (χ4v) is 2.88. The van der Waals surface area contributed by atoms with E-state index in [4.69, 9.17) is 4.74 Å². The van der Waals surface area contributed by atoms with Crippen LogP contribution in [0.5, 0.6) is 0 Å². The number of nitrogens with one attached hydrogen (secondary N) is 1. The van der Waals surface area contributed by atoms with Crippen LogP contribution in [0, 0.1) is 5.92 Å². The summed E-state index contributed by atoms with van der Waals surface area (Å²) in [6, 6.07) is 9.62. The van der Waals surface area contributed by atoms with Crippen molar-refractivity contribution in [2.45, 2.75) is 33.2 Å². The lowest BCUT2D eigenvalue weighted by molar-refractivity contribution is -0.124. The maximum atomic E-state index is 12.0. The molecule has 1 atom stereocenters. The molecule has 0 bridgehead atoms. The molecule has 1 N–H and O–H groups in total. The fourth-order valence-electron chi connectivity index (χ4n) is 2.52. The van der Waals surface area contributed by atoms with E-state index in [1.165, 1.54) is 11.8 Å². The molecule has 138 valence electrons. The van der Waals surface area contributed by atoms with E-state index in [0.717, 1.165) is 12.0 Å². The van der Waals surface area contributed by atoms with Crippen LogP contribution in [0.1, 0.15) is 48.3 Å². The van der Waals surface area contributed by atoms with E-state index in [2.05, 4.69) is 52.2 Å². The molecule has 1 aromatic carbocycles. The van der Waals surface area contributed by atoms with Crippen LogP contribution in [0.15, 0.2) is 47.2 Å². The van der Waals surface area contributed by atoms with E-state index < -0.39 is 5.97 Å². The highest BCUT2D eigenvalue weighted by molar-refractivity contribution is 9.10. The number of rotatable bonds is 7. The van der Waals surface area contributed by atoms with Crippen LogP contribution in [0.2, 0.25) is 0 Å². The number of carbonyl (C=O) groups is 2. The second kappa shape index (κ2) is 9.48. The molecular formula is C20H23BrN2O3. The molecule has 26 heavy (non-hydrogen) atoms. The average Bonchev–Trinajstić information content (AvgIpc) is 2.59. The number of aromatic nitrogens is 1. The maximum Gasteiger partial charge on any atom is 0.340 e. The third-order valence-electron chi connectivity index (χ3n) is 3.78. The smallest absolute Gasteiger partial charge is 0.340 e. The molecular weight excluding hydrogens is 396 g/mol. The minimum Gasteiger partial charge on any atom is -0.452 e. The Balaban J connectivity index is 1.84. The van der Waals surface area contributed by atoms with E-state index in [1.807, 2.05) is 19.1 Å². The van der Waals surface area contributed by atoms with Gasteiger partial charge in [-0.3, -0.25) is 9.78 Å². The summed E-state index contributed by atoms with van der Waals surface area (Å²) >= 11 is 3.24. The van der Waals surface area contributed by atoms with Gasteiger partial charge in [0.25, 0.3) is 5.91 Å². The molecule has 5 nitrogen and oxygen atoms in total. The monoisotopic (exact) mass is 418 g/mol. The quantitative estimate of drug-likeness (QED) is 0.687. The Kier molecular flexibility index (Phi) is 7.33. The van der Waals surface area contributed by atoms with Crippen LogP contribution >= 0.6 is 15.9 Å². The normalized spacial score (nSPS) is 11.9. The van der Waals surface area contributed by atoms with Gasteiger partial charge in [0, 0.05) is 16.9 Å². The van der Waals surface area contributed by atoms with Crippen molar-refractivity contribution < 1.29 is 14.3 Å². The number of benzene rings is 1. The van der Waals surface area contributed by atoms with Crippen LogP contribution in [-0.2, 0) is 16.0 Å². The molecule has 0 aliphatic carbocycles. The van der Waals surface area contributed by atoms with Crippen LogP contribution in [-0.4, -0.2) is 23.5 Å². The molecule has 2 rings (SSSR count). The highest BCUT2D eigenvalue weighted by Crippen LogP contribution is 2.15.